The monoisotopic (exact) mass is 182 g/mol. The standard InChI is InChI=1S/C9H14N2S/c1-7(2)9(10)12-8-3-5-11-6-4-8/h3-7,9H,10H2,1-2H3. The molecule has 2 N–H and O–H groups in total. The first-order valence-electron chi connectivity index (χ1n) is 4.02. The fourth-order valence-corrected chi connectivity index (χ4v) is 1.58. The van der Waals surface area contributed by atoms with Crippen molar-refractivity contribution in [1.82, 2.24) is 4.98 Å². The molecular weight excluding hydrogens is 168 g/mol. The van der Waals surface area contributed by atoms with Crippen molar-refractivity contribution >= 4 is 11.8 Å². The number of aromatic nitrogens is 1. The minimum absolute atomic E-state index is 0.174. The normalized spacial score (nSPS) is 13.3. The average Bonchev–Trinajstić information content (AvgIpc) is 2.06. The highest BCUT2D eigenvalue weighted by atomic mass is 32.2. The van der Waals surface area contributed by atoms with Crippen LogP contribution >= 0.6 is 11.8 Å². The smallest absolute Gasteiger partial charge is 0.0577 e. The van der Waals surface area contributed by atoms with Gasteiger partial charge in [0.2, 0.25) is 0 Å². The number of pyridine rings is 1. The summed E-state index contributed by atoms with van der Waals surface area (Å²) in [5.74, 6) is 0.503. The summed E-state index contributed by atoms with van der Waals surface area (Å²) >= 11 is 1.69. The quantitative estimate of drug-likeness (QED) is 0.575. The van der Waals surface area contributed by atoms with Gasteiger partial charge in [0.05, 0.1) is 5.37 Å². The predicted molar refractivity (Wildman–Crippen MR) is 52.9 cm³/mol. The Morgan fingerprint density at radius 1 is 1.33 bits per heavy atom. The molecule has 0 amide bonds. The second-order valence-electron chi connectivity index (χ2n) is 3.01. The molecule has 0 saturated carbocycles. The molecule has 0 bridgehead atoms. The van der Waals surface area contributed by atoms with Gasteiger partial charge in [-0.1, -0.05) is 13.8 Å². The van der Waals surface area contributed by atoms with Gasteiger partial charge in [-0.15, -0.1) is 11.8 Å². The highest BCUT2D eigenvalue weighted by molar-refractivity contribution is 7.99. The number of hydrogen-bond donors (Lipinski definition) is 1. The van der Waals surface area contributed by atoms with E-state index in [9.17, 15) is 0 Å². The van der Waals surface area contributed by atoms with Crippen molar-refractivity contribution in [3.05, 3.63) is 24.5 Å². The van der Waals surface area contributed by atoms with Gasteiger partial charge in [0, 0.05) is 17.3 Å². The predicted octanol–water partition coefficient (Wildman–Crippen LogP) is 2.11. The molecule has 0 spiro atoms. The van der Waals surface area contributed by atoms with Crippen LogP contribution in [-0.4, -0.2) is 10.4 Å². The van der Waals surface area contributed by atoms with E-state index in [2.05, 4.69) is 18.8 Å². The summed E-state index contributed by atoms with van der Waals surface area (Å²) in [6, 6.07) is 3.96. The van der Waals surface area contributed by atoms with Crippen LogP contribution in [0.4, 0.5) is 0 Å². The second-order valence-corrected chi connectivity index (χ2v) is 4.26. The summed E-state index contributed by atoms with van der Waals surface area (Å²) < 4.78 is 0. The first-order valence-corrected chi connectivity index (χ1v) is 4.90. The molecule has 0 aromatic carbocycles. The maximum atomic E-state index is 5.89. The summed E-state index contributed by atoms with van der Waals surface area (Å²) in [4.78, 5) is 5.13. The lowest BCUT2D eigenvalue weighted by molar-refractivity contribution is 0.624. The Morgan fingerprint density at radius 2 is 1.92 bits per heavy atom. The summed E-state index contributed by atoms with van der Waals surface area (Å²) in [6.07, 6.45) is 3.57. The Morgan fingerprint density at radius 3 is 2.42 bits per heavy atom. The zero-order chi connectivity index (χ0) is 8.97. The average molecular weight is 182 g/mol. The van der Waals surface area contributed by atoms with E-state index in [0.717, 1.165) is 0 Å². The van der Waals surface area contributed by atoms with E-state index >= 15 is 0 Å². The van der Waals surface area contributed by atoms with Gasteiger partial charge >= 0.3 is 0 Å². The van der Waals surface area contributed by atoms with Gasteiger partial charge in [-0.2, -0.15) is 0 Å². The molecule has 1 atom stereocenters. The van der Waals surface area contributed by atoms with Gasteiger partial charge in [-0.3, -0.25) is 4.98 Å². The van der Waals surface area contributed by atoms with E-state index in [1.165, 1.54) is 4.90 Å². The van der Waals surface area contributed by atoms with Crippen LogP contribution in [0.1, 0.15) is 13.8 Å². The van der Waals surface area contributed by atoms with E-state index in [4.69, 9.17) is 5.73 Å². The minimum Gasteiger partial charge on any atom is -0.319 e. The zero-order valence-electron chi connectivity index (χ0n) is 7.40. The van der Waals surface area contributed by atoms with Gasteiger partial charge in [-0.25, -0.2) is 0 Å². The third-order valence-corrected chi connectivity index (χ3v) is 2.94. The molecule has 0 aliphatic rings. The first-order chi connectivity index (χ1) is 5.70. The van der Waals surface area contributed by atoms with E-state index < -0.39 is 0 Å². The van der Waals surface area contributed by atoms with Crippen molar-refractivity contribution < 1.29 is 0 Å². The summed E-state index contributed by atoms with van der Waals surface area (Å²) in [5.41, 5.74) is 5.89. The number of rotatable bonds is 3. The molecule has 0 radical (unpaired) electrons. The molecule has 0 aliphatic heterocycles. The zero-order valence-corrected chi connectivity index (χ0v) is 8.21. The molecule has 1 heterocycles. The van der Waals surface area contributed by atoms with Crippen molar-refractivity contribution in [2.75, 3.05) is 0 Å². The van der Waals surface area contributed by atoms with Crippen LogP contribution in [0.3, 0.4) is 0 Å². The van der Waals surface area contributed by atoms with Crippen molar-refractivity contribution in [1.29, 1.82) is 0 Å². The van der Waals surface area contributed by atoms with Gasteiger partial charge in [-0.05, 0) is 18.1 Å². The fourth-order valence-electron chi connectivity index (χ4n) is 0.710. The van der Waals surface area contributed by atoms with E-state index in [1.54, 1.807) is 24.2 Å². The van der Waals surface area contributed by atoms with Crippen LogP contribution in [0.15, 0.2) is 29.4 Å². The highest BCUT2D eigenvalue weighted by Gasteiger charge is 2.08. The van der Waals surface area contributed by atoms with Gasteiger partial charge in [0.25, 0.3) is 0 Å². The molecular formula is C9H14N2S. The highest BCUT2D eigenvalue weighted by Crippen LogP contribution is 2.23. The Kier molecular flexibility index (Phi) is 3.56. The van der Waals surface area contributed by atoms with E-state index in [-0.39, 0.29) is 5.37 Å². The molecule has 2 nitrogen and oxygen atoms in total. The molecule has 1 aromatic heterocycles. The molecule has 12 heavy (non-hydrogen) atoms. The van der Waals surface area contributed by atoms with Crippen LogP contribution in [0.5, 0.6) is 0 Å². The fraction of sp³-hybridized carbons (Fsp3) is 0.444. The summed E-state index contributed by atoms with van der Waals surface area (Å²) in [6.45, 7) is 4.25. The van der Waals surface area contributed by atoms with Gasteiger partial charge in [0.15, 0.2) is 0 Å². The van der Waals surface area contributed by atoms with Crippen molar-refractivity contribution in [3.8, 4) is 0 Å². The van der Waals surface area contributed by atoms with Crippen LogP contribution in [0.25, 0.3) is 0 Å². The summed E-state index contributed by atoms with van der Waals surface area (Å²) in [5, 5.41) is 0.174. The van der Waals surface area contributed by atoms with E-state index in [1.807, 2.05) is 12.1 Å². The molecule has 1 unspecified atom stereocenters. The second kappa shape index (κ2) is 4.48. The Labute approximate surface area is 77.6 Å². The minimum atomic E-state index is 0.174. The van der Waals surface area contributed by atoms with Gasteiger partial charge in [0.1, 0.15) is 0 Å². The topological polar surface area (TPSA) is 38.9 Å². The lowest BCUT2D eigenvalue weighted by Gasteiger charge is -2.14. The molecule has 1 aromatic rings. The van der Waals surface area contributed by atoms with Gasteiger partial charge < -0.3 is 5.73 Å². The maximum Gasteiger partial charge on any atom is 0.0577 e. The Balaban J connectivity index is 2.53. The van der Waals surface area contributed by atoms with Crippen molar-refractivity contribution in [2.45, 2.75) is 24.1 Å². The van der Waals surface area contributed by atoms with Crippen molar-refractivity contribution in [3.63, 3.8) is 0 Å². The number of nitrogens with zero attached hydrogens (tertiary/aromatic N) is 1. The van der Waals surface area contributed by atoms with Crippen LogP contribution in [0.2, 0.25) is 0 Å². The SMILES string of the molecule is CC(C)C(N)Sc1ccncc1. The molecule has 3 heteroatoms. The Bertz CT molecular complexity index is 223. The third kappa shape index (κ3) is 2.83. The maximum absolute atomic E-state index is 5.89. The molecule has 1 rings (SSSR count). The lowest BCUT2D eigenvalue weighted by Crippen LogP contribution is -2.21. The molecule has 0 saturated heterocycles. The lowest BCUT2D eigenvalue weighted by atomic mass is 10.2. The van der Waals surface area contributed by atoms with Crippen LogP contribution in [0, 0.1) is 5.92 Å². The summed E-state index contributed by atoms with van der Waals surface area (Å²) in [7, 11) is 0. The third-order valence-electron chi connectivity index (χ3n) is 1.58. The van der Waals surface area contributed by atoms with Crippen molar-refractivity contribution in [2.24, 2.45) is 11.7 Å². The largest absolute Gasteiger partial charge is 0.319 e. The molecule has 0 fully saturated rings. The van der Waals surface area contributed by atoms with E-state index in [0.29, 0.717) is 5.92 Å². The molecule has 0 aliphatic carbocycles. The molecule has 66 valence electrons. The van der Waals surface area contributed by atoms with Crippen LogP contribution < -0.4 is 5.73 Å². The number of hydrogen-bond acceptors (Lipinski definition) is 3. The number of thioether (sulfide) groups is 1. The first kappa shape index (κ1) is 9.55. The Hall–Kier alpha value is -0.540. The van der Waals surface area contributed by atoms with Crippen LogP contribution in [-0.2, 0) is 0 Å². The number of nitrogens with two attached hydrogens (primary N) is 1.